The summed E-state index contributed by atoms with van der Waals surface area (Å²) >= 11 is 0. The van der Waals surface area contributed by atoms with Crippen molar-refractivity contribution in [3.8, 4) is 0 Å². The van der Waals surface area contributed by atoms with Gasteiger partial charge in [0.15, 0.2) is 0 Å². The van der Waals surface area contributed by atoms with Crippen LogP contribution < -0.4 is 0 Å². The lowest BCUT2D eigenvalue weighted by Crippen LogP contribution is -1.89. The predicted octanol–water partition coefficient (Wildman–Crippen LogP) is 3.34. The Labute approximate surface area is 104 Å². The van der Waals surface area contributed by atoms with Crippen LogP contribution in [-0.4, -0.2) is 14.4 Å². The molecule has 2 aromatic carbocycles. The number of fused-ring (bicyclic) bond motifs is 5. The molecule has 0 radical (unpaired) electrons. The number of hydrogen-bond donors (Lipinski definition) is 0. The summed E-state index contributed by atoms with van der Waals surface area (Å²) < 4.78 is 2.05. The Kier molecular flexibility index (Phi) is 1.75. The Morgan fingerprint density at radius 3 is 2.83 bits per heavy atom. The molecule has 0 fully saturated rings. The van der Waals surface area contributed by atoms with Crippen LogP contribution in [0, 0.1) is 6.92 Å². The Morgan fingerprint density at radius 2 is 1.89 bits per heavy atom. The average Bonchev–Trinajstić information content (AvgIpc) is 2.78. The maximum Gasteiger partial charge on any atom is 0.148 e. The van der Waals surface area contributed by atoms with Crippen LogP contribution in [0.1, 0.15) is 5.56 Å². The number of rotatable bonds is 0. The van der Waals surface area contributed by atoms with Crippen molar-refractivity contribution in [1.29, 1.82) is 0 Å². The van der Waals surface area contributed by atoms with Crippen molar-refractivity contribution in [1.82, 2.24) is 14.4 Å². The highest BCUT2D eigenvalue weighted by Crippen LogP contribution is 2.23. The van der Waals surface area contributed by atoms with Crippen LogP contribution in [0.5, 0.6) is 0 Å². The number of hydrogen-bond acceptors (Lipinski definition) is 2. The monoisotopic (exact) mass is 233 g/mol. The molecule has 3 nitrogen and oxygen atoms in total. The van der Waals surface area contributed by atoms with E-state index in [2.05, 4.69) is 34.5 Å². The maximum atomic E-state index is 4.71. The van der Waals surface area contributed by atoms with Gasteiger partial charge < -0.3 is 0 Å². The molecule has 4 aromatic rings. The molecule has 0 aliphatic heterocycles. The first-order chi connectivity index (χ1) is 8.83. The third-order valence-electron chi connectivity index (χ3n) is 3.30. The molecule has 18 heavy (non-hydrogen) atoms. The minimum Gasteiger partial charge on any atom is -0.282 e. The second-order valence-electron chi connectivity index (χ2n) is 4.56. The van der Waals surface area contributed by atoms with Crippen molar-refractivity contribution in [2.24, 2.45) is 0 Å². The number of benzene rings is 2. The summed E-state index contributed by atoms with van der Waals surface area (Å²) in [5.41, 5.74) is 5.30. The van der Waals surface area contributed by atoms with E-state index in [-0.39, 0.29) is 0 Å². The van der Waals surface area contributed by atoms with Gasteiger partial charge >= 0.3 is 0 Å². The molecule has 0 aliphatic carbocycles. The molecular weight excluding hydrogens is 222 g/mol. The number of aromatic nitrogens is 3. The van der Waals surface area contributed by atoms with Crippen molar-refractivity contribution in [2.75, 3.05) is 0 Å². The maximum absolute atomic E-state index is 4.71. The Balaban J connectivity index is 2.31. The van der Waals surface area contributed by atoms with Crippen molar-refractivity contribution >= 4 is 27.6 Å². The van der Waals surface area contributed by atoms with Gasteiger partial charge in [-0.05, 0) is 31.2 Å². The van der Waals surface area contributed by atoms with Crippen molar-refractivity contribution in [3.05, 3.63) is 54.4 Å². The first-order valence-electron chi connectivity index (χ1n) is 5.95. The zero-order chi connectivity index (χ0) is 12.1. The molecule has 0 spiro atoms. The van der Waals surface area contributed by atoms with E-state index in [1.807, 2.05) is 30.6 Å². The van der Waals surface area contributed by atoms with Crippen molar-refractivity contribution in [2.45, 2.75) is 6.92 Å². The topological polar surface area (TPSA) is 30.2 Å². The van der Waals surface area contributed by atoms with Crippen molar-refractivity contribution < 1.29 is 0 Å². The van der Waals surface area contributed by atoms with E-state index < -0.39 is 0 Å². The van der Waals surface area contributed by atoms with Crippen LogP contribution >= 0.6 is 0 Å². The fraction of sp³-hybridized carbons (Fsp3) is 0.0667. The van der Waals surface area contributed by atoms with E-state index in [4.69, 9.17) is 4.98 Å². The lowest BCUT2D eigenvalue weighted by Gasteiger charge is -2.01. The number of imidazole rings is 1. The summed E-state index contributed by atoms with van der Waals surface area (Å²) in [4.78, 5) is 9.20. The van der Waals surface area contributed by atoms with E-state index in [0.29, 0.717) is 0 Å². The van der Waals surface area contributed by atoms with Gasteiger partial charge in [0.1, 0.15) is 12.0 Å². The van der Waals surface area contributed by atoms with Gasteiger partial charge in [-0.2, -0.15) is 0 Å². The van der Waals surface area contributed by atoms with Gasteiger partial charge in [-0.3, -0.25) is 4.40 Å². The molecule has 0 bridgehead atoms. The molecule has 2 aromatic heterocycles. The van der Waals surface area contributed by atoms with Gasteiger partial charge in [0.05, 0.1) is 16.6 Å². The van der Waals surface area contributed by atoms with Crippen LogP contribution in [-0.2, 0) is 0 Å². The van der Waals surface area contributed by atoms with Crippen LogP contribution in [0.4, 0.5) is 0 Å². The van der Waals surface area contributed by atoms with Gasteiger partial charge in [0, 0.05) is 5.39 Å². The highest BCUT2D eigenvalue weighted by atomic mass is 15.0. The summed E-state index contributed by atoms with van der Waals surface area (Å²) in [5, 5.41) is 1.11. The summed E-state index contributed by atoms with van der Waals surface area (Å²) in [6.45, 7) is 2.09. The first-order valence-corrected chi connectivity index (χ1v) is 5.95. The van der Waals surface area contributed by atoms with E-state index in [9.17, 15) is 0 Å². The summed E-state index contributed by atoms with van der Waals surface area (Å²) in [5.74, 6) is 0. The molecule has 2 heterocycles. The minimum atomic E-state index is 0.977. The zero-order valence-electron chi connectivity index (χ0n) is 9.96. The molecule has 86 valence electrons. The van der Waals surface area contributed by atoms with Crippen LogP contribution in [0.15, 0.2) is 48.8 Å². The van der Waals surface area contributed by atoms with E-state index in [1.165, 1.54) is 5.56 Å². The zero-order valence-corrected chi connectivity index (χ0v) is 9.96. The lowest BCUT2D eigenvalue weighted by molar-refractivity contribution is 1.15. The second-order valence-corrected chi connectivity index (χ2v) is 4.56. The summed E-state index contributed by atoms with van der Waals surface area (Å²) in [7, 11) is 0. The quantitative estimate of drug-likeness (QED) is 0.466. The Bertz CT molecular complexity index is 890. The lowest BCUT2D eigenvalue weighted by atomic mass is 10.2. The molecule has 0 aliphatic rings. The second kappa shape index (κ2) is 3.29. The van der Waals surface area contributed by atoms with Gasteiger partial charge in [0.25, 0.3) is 0 Å². The largest absolute Gasteiger partial charge is 0.282 e. The fourth-order valence-corrected chi connectivity index (χ4v) is 2.41. The van der Waals surface area contributed by atoms with E-state index in [0.717, 1.165) is 27.6 Å². The molecule has 0 unspecified atom stereocenters. The molecule has 0 atom stereocenters. The molecule has 0 amide bonds. The smallest absolute Gasteiger partial charge is 0.148 e. The Morgan fingerprint density at radius 1 is 1.00 bits per heavy atom. The fourth-order valence-electron chi connectivity index (χ4n) is 2.41. The molecule has 0 saturated carbocycles. The Hall–Kier alpha value is -2.42. The minimum absolute atomic E-state index is 0.977. The SMILES string of the molecule is Cc1ccc2ncn3c4ccccc4nc3c2c1. The number of nitrogens with zero attached hydrogens (tertiary/aromatic N) is 3. The van der Waals surface area contributed by atoms with Gasteiger partial charge in [-0.25, -0.2) is 9.97 Å². The third-order valence-corrected chi connectivity index (χ3v) is 3.30. The van der Waals surface area contributed by atoms with E-state index in [1.54, 1.807) is 0 Å². The highest BCUT2D eigenvalue weighted by molar-refractivity contribution is 5.96. The molecule has 3 heteroatoms. The summed E-state index contributed by atoms with van der Waals surface area (Å²) in [6.07, 6.45) is 1.85. The van der Waals surface area contributed by atoms with Crippen LogP contribution in [0.2, 0.25) is 0 Å². The highest BCUT2D eigenvalue weighted by Gasteiger charge is 2.07. The molecule has 0 N–H and O–H groups in total. The van der Waals surface area contributed by atoms with Crippen LogP contribution in [0.25, 0.3) is 27.6 Å². The predicted molar refractivity (Wildman–Crippen MR) is 72.7 cm³/mol. The molecule has 4 rings (SSSR count). The van der Waals surface area contributed by atoms with Crippen LogP contribution in [0.3, 0.4) is 0 Å². The average molecular weight is 233 g/mol. The van der Waals surface area contributed by atoms with E-state index >= 15 is 0 Å². The van der Waals surface area contributed by atoms with Crippen molar-refractivity contribution in [3.63, 3.8) is 0 Å². The third kappa shape index (κ3) is 1.19. The number of para-hydroxylation sites is 2. The molecular formula is C15H11N3. The summed E-state index contributed by atoms with van der Waals surface area (Å²) in [6, 6.07) is 14.4. The standard InChI is InChI=1S/C15H11N3/c1-10-6-7-12-11(8-10)15-17-13-4-2-3-5-14(13)18(15)9-16-12/h2-9H,1H3. The van der Waals surface area contributed by atoms with Gasteiger partial charge in [-0.1, -0.05) is 23.8 Å². The number of aryl methyl sites for hydroxylation is 1. The normalized spacial score (nSPS) is 11.6. The van der Waals surface area contributed by atoms with Gasteiger partial charge in [0.2, 0.25) is 0 Å². The van der Waals surface area contributed by atoms with Gasteiger partial charge in [-0.15, -0.1) is 0 Å². The molecule has 0 saturated heterocycles. The first kappa shape index (κ1) is 9.59.